The molecule has 11 fully saturated rings. The van der Waals surface area contributed by atoms with Crippen molar-refractivity contribution < 1.29 is 178 Å². The van der Waals surface area contributed by atoms with Crippen LogP contribution in [0.15, 0.2) is 11.6 Å². The molecule has 0 bridgehead atoms. The quantitative estimate of drug-likeness (QED) is 0.0366. The first-order valence-electron chi connectivity index (χ1n) is 36.5. The molecule has 36 heteroatoms. The van der Waals surface area contributed by atoms with Crippen LogP contribution in [0.2, 0.25) is 0 Å². The number of hydrogen-bond acceptors (Lipinski definition) is 35. The molecule has 12 rings (SSSR count). The lowest BCUT2D eigenvalue weighted by molar-refractivity contribution is -0.388. The number of carboxylic acids is 1. The highest BCUT2D eigenvalue weighted by Gasteiger charge is 2.73. The second-order valence-electron chi connectivity index (χ2n) is 33.5. The maximum Gasteiger partial charge on any atom is 0.335 e. The monoisotopic (exact) mass is 1510 g/mol. The van der Waals surface area contributed by atoms with Crippen molar-refractivity contribution in [3.05, 3.63) is 11.6 Å². The van der Waals surface area contributed by atoms with E-state index in [0.717, 1.165) is 5.57 Å². The second-order valence-corrected chi connectivity index (χ2v) is 33.5. The van der Waals surface area contributed by atoms with E-state index in [4.69, 9.17) is 66.3 Å². The van der Waals surface area contributed by atoms with Crippen molar-refractivity contribution in [2.45, 2.75) is 322 Å². The third kappa shape index (κ3) is 14.2. The van der Waals surface area contributed by atoms with E-state index in [1.165, 1.54) is 6.92 Å². The molecule has 12 aliphatic rings. The molecule has 5 aliphatic carbocycles. The van der Waals surface area contributed by atoms with Gasteiger partial charge in [0.25, 0.3) is 0 Å². The third-order valence-corrected chi connectivity index (χ3v) is 26.5. The van der Waals surface area contributed by atoms with Crippen molar-refractivity contribution >= 4 is 11.9 Å². The summed E-state index contributed by atoms with van der Waals surface area (Å²) in [5.74, 6) is -3.39. The molecule has 0 amide bonds. The number of allylic oxidation sites excluding steroid dienone is 2. The smallest absolute Gasteiger partial charge is 0.335 e. The van der Waals surface area contributed by atoms with Crippen LogP contribution in [0.1, 0.15) is 113 Å². The van der Waals surface area contributed by atoms with E-state index in [1.807, 2.05) is 13.8 Å². The van der Waals surface area contributed by atoms with Crippen LogP contribution >= 0.6 is 0 Å². The lowest BCUT2D eigenvalue weighted by Crippen LogP contribution is -2.69. The summed E-state index contributed by atoms with van der Waals surface area (Å²) >= 11 is 0. The van der Waals surface area contributed by atoms with Gasteiger partial charge in [-0.25, -0.2) is 4.79 Å². The van der Waals surface area contributed by atoms with E-state index >= 15 is 4.79 Å². The number of fused-ring (bicyclic) bond motifs is 7. The summed E-state index contributed by atoms with van der Waals surface area (Å²) in [6.45, 7) is 12.8. The Morgan fingerprint density at radius 1 is 0.467 bits per heavy atom. The zero-order valence-electron chi connectivity index (χ0n) is 59.8. The number of esters is 1. The predicted molar refractivity (Wildman–Crippen MR) is 343 cm³/mol. The lowest BCUT2D eigenvalue weighted by atomic mass is 9.33. The Hall–Kier alpha value is -2.60. The summed E-state index contributed by atoms with van der Waals surface area (Å²) < 4.78 is 83.4. The fraction of sp³-hybridized carbons (Fsp3) is 0.942. The van der Waals surface area contributed by atoms with Crippen molar-refractivity contribution in [1.29, 1.82) is 0 Å². The molecule has 602 valence electrons. The molecular weight excluding hydrogens is 1400 g/mol. The first-order valence-corrected chi connectivity index (χ1v) is 36.5. The fourth-order valence-corrected chi connectivity index (χ4v) is 20.2. The predicted octanol–water partition coefficient (Wildman–Crippen LogP) is -6.55. The van der Waals surface area contributed by atoms with Crippen molar-refractivity contribution in [1.82, 2.24) is 0 Å². The normalized spacial score (nSPS) is 54.2. The molecule has 7 aliphatic heterocycles. The summed E-state index contributed by atoms with van der Waals surface area (Å²) in [5.41, 5.74) is -3.63. The van der Waals surface area contributed by atoms with Crippen molar-refractivity contribution in [2.24, 2.45) is 50.2 Å². The molecule has 0 spiro atoms. The Labute approximate surface area is 605 Å². The molecule has 20 N–H and O–H groups in total. The first kappa shape index (κ1) is 81.9. The summed E-state index contributed by atoms with van der Waals surface area (Å²) in [6.07, 6.45) is -54.0. The summed E-state index contributed by atoms with van der Waals surface area (Å²) in [7, 11) is 0. The molecule has 36 nitrogen and oxygen atoms in total. The number of hydrogen-bond donors (Lipinski definition) is 20. The highest BCUT2D eigenvalue weighted by Crippen LogP contribution is 2.76. The maximum atomic E-state index is 16.0. The van der Waals surface area contributed by atoms with Crippen LogP contribution in [0.5, 0.6) is 0 Å². The van der Waals surface area contributed by atoms with Gasteiger partial charge in [-0.2, -0.15) is 0 Å². The van der Waals surface area contributed by atoms with Gasteiger partial charge in [0.2, 0.25) is 6.29 Å². The van der Waals surface area contributed by atoms with Crippen LogP contribution in [0.3, 0.4) is 0 Å². The van der Waals surface area contributed by atoms with Crippen molar-refractivity contribution in [2.75, 3.05) is 33.0 Å². The van der Waals surface area contributed by atoms with Crippen LogP contribution in [0.25, 0.3) is 0 Å². The Balaban J connectivity index is 0.789. The number of rotatable bonds is 17. The maximum absolute atomic E-state index is 16.0. The van der Waals surface area contributed by atoms with Gasteiger partial charge in [-0.1, -0.05) is 60.1 Å². The molecule has 41 atom stereocenters. The Bertz CT molecular complexity index is 3040. The second kappa shape index (κ2) is 30.7. The number of carboxylic acid groups (broad SMARTS) is 1. The molecule has 7 heterocycles. The van der Waals surface area contributed by atoms with Gasteiger partial charge < -0.3 is 168 Å². The first-order chi connectivity index (χ1) is 49.2. The van der Waals surface area contributed by atoms with Gasteiger partial charge in [-0.3, -0.25) is 4.79 Å². The molecule has 0 aromatic carbocycles. The zero-order chi connectivity index (χ0) is 76.6. The SMILES string of the molecule is C[C@@H]1O[C@@H](O[C@@H]2[C@@H](OC(=O)[C@]34CCC(C)(C)C[C@H]3C3=CC[C@@H]5[C@@]6(C)CC[C@H](O[C@@H]7O[C@H](C(=O)O)[C@@H](O)[C@H](O[C@@H]8O[C@H](CO)[C@@H](O)[C@H](O)[C@H]8O)[C@H]7O)C(C)(C)[C@@H]6CC[C@@]5(C)[C@]3(C)C[C@H]4O)OC[C@H](O)[C@H]2O[C@@H]2O[C@H](CO)[C@@H](O)[C@H](O)[C@H]2O)[C@H](O)[C@@H](O)[C@H]1O[C@@H]1OC[C@@H](O)[C@H](O[C@@H]2OC[C@@H](O)[C@H](O)[C@H]2O)[C@H]1O. The summed E-state index contributed by atoms with van der Waals surface area (Å²) in [6, 6.07) is 0. The number of aliphatic carboxylic acids is 1. The highest BCUT2D eigenvalue weighted by molar-refractivity contribution is 5.80. The molecular formula is C69H110O36. The highest BCUT2D eigenvalue weighted by atomic mass is 16.8. The van der Waals surface area contributed by atoms with E-state index in [9.17, 15) is 107 Å². The number of carbonyl (C=O) groups is 2. The third-order valence-electron chi connectivity index (χ3n) is 26.5. The van der Waals surface area contributed by atoms with Crippen LogP contribution in [0, 0.1) is 50.2 Å². The van der Waals surface area contributed by atoms with Crippen molar-refractivity contribution in [3.8, 4) is 0 Å². The minimum atomic E-state index is -2.13. The van der Waals surface area contributed by atoms with Crippen LogP contribution in [-0.2, 0) is 75.9 Å². The van der Waals surface area contributed by atoms with Crippen LogP contribution in [0.4, 0.5) is 0 Å². The fourth-order valence-electron chi connectivity index (χ4n) is 20.2. The molecule has 0 aromatic heterocycles. The summed E-state index contributed by atoms with van der Waals surface area (Å²) in [5, 5.41) is 220. The molecule has 0 aromatic rings. The van der Waals surface area contributed by atoms with Gasteiger partial charge in [0.05, 0.1) is 51.3 Å². The minimum Gasteiger partial charge on any atom is -0.479 e. The van der Waals surface area contributed by atoms with E-state index in [2.05, 4.69) is 40.7 Å². The van der Waals surface area contributed by atoms with Gasteiger partial charge in [-0.15, -0.1) is 0 Å². The van der Waals surface area contributed by atoms with Crippen LogP contribution < -0.4 is 0 Å². The van der Waals surface area contributed by atoms with E-state index in [0.29, 0.717) is 44.9 Å². The molecule has 0 radical (unpaired) electrons. The summed E-state index contributed by atoms with van der Waals surface area (Å²) in [4.78, 5) is 28.7. The van der Waals surface area contributed by atoms with Crippen LogP contribution in [-0.4, -0.2) is 356 Å². The standard InChI is InChI=1S/C69H110O36/c1-24-49(99-57-47(87)50(28(73)22-93-57)100-56-42(82)36(76)27(72)21-92-56)41(81)45(85)58(95-24)104-54-51(101-59-43(83)39(79)37(77)30(19-70)96-59)29(74)23-94-62(54)105-63(91)69-16-15-64(2,3)17-26(69)25-9-10-33-66(6)13-12-35(65(4,5)32(66)11-14-67(33,7)68(25,8)18-34(69)75)98-61-48(88)52(46(86)53(103-61)55(89)90)102-60-44(84)40(80)38(78)31(20-71)97-60/h9,24,26-54,56-62,70-88H,10-23H2,1-8H3,(H,89,90)/t24-,26-,27+,28+,29-,30+,31+,32-,33+,34+,35-,36-,37+,38+,39-,40-,41+,42+,43+,44+,45+,46-,47+,48+,49-,50-,51+,52-,53-,54-,56-,57-,58-,59-,60-,61+,62+,66-,67+,68+,69+/m0/s1. The van der Waals surface area contributed by atoms with Crippen molar-refractivity contribution in [3.63, 3.8) is 0 Å². The Morgan fingerprint density at radius 3 is 1.58 bits per heavy atom. The van der Waals surface area contributed by atoms with E-state index < -0.39 is 292 Å². The molecule has 4 saturated carbocycles. The Morgan fingerprint density at radius 2 is 0.971 bits per heavy atom. The number of ether oxygens (including phenoxy) is 14. The molecule has 105 heavy (non-hydrogen) atoms. The molecule has 7 saturated heterocycles. The van der Waals surface area contributed by atoms with Gasteiger partial charge in [0, 0.05) is 0 Å². The minimum absolute atomic E-state index is 0.0549. The average Bonchev–Trinajstić information content (AvgIpc) is 0.670. The van der Waals surface area contributed by atoms with Gasteiger partial charge in [0.1, 0.15) is 140 Å². The van der Waals surface area contributed by atoms with Gasteiger partial charge in [0.15, 0.2) is 49.9 Å². The molecule has 0 unspecified atom stereocenters. The number of aliphatic hydroxyl groups excluding tert-OH is 19. The van der Waals surface area contributed by atoms with Gasteiger partial charge >= 0.3 is 11.9 Å². The van der Waals surface area contributed by atoms with E-state index in [1.54, 1.807) is 0 Å². The number of carbonyl (C=O) groups excluding carboxylic acids is 1. The van der Waals surface area contributed by atoms with Gasteiger partial charge in [-0.05, 0) is 110 Å². The Kier molecular flexibility index (Phi) is 24.0. The topological polar surface area (TPSA) is 568 Å². The largest absolute Gasteiger partial charge is 0.479 e. The average molecular weight is 1520 g/mol. The lowest BCUT2D eigenvalue weighted by Gasteiger charge is -2.71. The number of aliphatic hydroxyl groups is 19. The van der Waals surface area contributed by atoms with E-state index in [-0.39, 0.29) is 24.7 Å². The zero-order valence-corrected chi connectivity index (χ0v) is 59.8.